The average Bonchev–Trinajstić information content (AvgIpc) is 2.87. The monoisotopic (exact) mass is 569 g/mol. The minimum absolute atomic E-state index is 0.0337. The van der Waals surface area contributed by atoms with Gasteiger partial charge in [0.05, 0.1) is 11.9 Å². The van der Waals surface area contributed by atoms with Crippen molar-refractivity contribution in [3.05, 3.63) is 100 Å². The average molecular weight is 570 g/mol. The van der Waals surface area contributed by atoms with Crippen molar-refractivity contribution >= 4 is 39.1 Å². The van der Waals surface area contributed by atoms with Gasteiger partial charge in [-0.3, -0.25) is 13.9 Å². The fourth-order valence-corrected chi connectivity index (χ4v) is 5.44. The van der Waals surface area contributed by atoms with E-state index in [0.29, 0.717) is 16.3 Å². The molecular formula is C30H36ClN3O4S. The molecule has 0 saturated carbocycles. The van der Waals surface area contributed by atoms with Gasteiger partial charge in [0, 0.05) is 24.0 Å². The smallest absolute Gasteiger partial charge is 0.244 e. The zero-order valence-electron chi connectivity index (χ0n) is 23.0. The van der Waals surface area contributed by atoms with Crippen LogP contribution in [0.25, 0.3) is 0 Å². The Morgan fingerprint density at radius 2 is 1.56 bits per heavy atom. The summed E-state index contributed by atoms with van der Waals surface area (Å²) in [6.45, 7) is 6.98. The highest BCUT2D eigenvalue weighted by Gasteiger charge is 2.34. The zero-order chi connectivity index (χ0) is 28.7. The van der Waals surface area contributed by atoms with E-state index in [0.717, 1.165) is 27.3 Å². The maximum Gasteiger partial charge on any atom is 0.244 e. The van der Waals surface area contributed by atoms with Gasteiger partial charge in [-0.2, -0.15) is 0 Å². The van der Waals surface area contributed by atoms with E-state index < -0.39 is 28.5 Å². The summed E-state index contributed by atoms with van der Waals surface area (Å²) in [5.74, 6) is -0.840. The molecular weight excluding hydrogens is 534 g/mol. The highest BCUT2D eigenvalue weighted by atomic mass is 35.5. The van der Waals surface area contributed by atoms with Crippen LogP contribution in [0.15, 0.2) is 72.8 Å². The van der Waals surface area contributed by atoms with Crippen LogP contribution in [0.2, 0.25) is 5.02 Å². The molecule has 0 aromatic heterocycles. The highest BCUT2D eigenvalue weighted by Crippen LogP contribution is 2.26. The van der Waals surface area contributed by atoms with Crippen LogP contribution in [0.5, 0.6) is 0 Å². The Hall–Kier alpha value is -3.36. The van der Waals surface area contributed by atoms with E-state index in [1.165, 1.54) is 4.90 Å². The number of nitrogens with one attached hydrogen (secondary N) is 1. The normalized spacial score (nSPS) is 12.2. The molecule has 0 radical (unpaired) electrons. The van der Waals surface area contributed by atoms with E-state index in [4.69, 9.17) is 11.6 Å². The predicted molar refractivity (Wildman–Crippen MR) is 157 cm³/mol. The molecule has 0 aliphatic rings. The van der Waals surface area contributed by atoms with Crippen molar-refractivity contribution in [2.45, 2.75) is 52.7 Å². The van der Waals surface area contributed by atoms with Gasteiger partial charge in [-0.25, -0.2) is 8.42 Å². The number of rotatable bonds is 11. The molecule has 3 aromatic rings. The van der Waals surface area contributed by atoms with E-state index in [9.17, 15) is 18.0 Å². The zero-order valence-corrected chi connectivity index (χ0v) is 24.6. The van der Waals surface area contributed by atoms with E-state index in [-0.39, 0.29) is 24.9 Å². The van der Waals surface area contributed by atoms with Gasteiger partial charge in [-0.05, 0) is 62.1 Å². The number of carbonyl (C=O) groups is 2. The quantitative estimate of drug-likeness (QED) is 0.356. The van der Waals surface area contributed by atoms with Crippen molar-refractivity contribution in [3.63, 3.8) is 0 Å². The number of hydrogen-bond acceptors (Lipinski definition) is 4. The molecule has 0 aliphatic heterocycles. The molecule has 0 aliphatic carbocycles. The second-order valence-corrected chi connectivity index (χ2v) is 12.3. The van der Waals surface area contributed by atoms with Crippen molar-refractivity contribution in [1.29, 1.82) is 0 Å². The Morgan fingerprint density at radius 1 is 0.923 bits per heavy atom. The largest absolute Gasteiger partial charge is 0.352 e. The SMILES string of the molecule is Cc1cccc(N(CC(=O)N(Cc2ccccc2Cl)[C@@H](Cc2ccccc2)C(=O)NC(C)C)S(C)(=O)=O)c1C. The molecule has 0 fully saturated rings. The van der Waals surface area contributed by atoms with Crippen LogP contribution >= 0.6 is 11.6 Å². The molecule has 0 unspecified atom stereocenters. The molecule has 7 nitrogen and oxygen atoms in total. The van der Waals surface area contributed by atoms with Gasteiger partial charge in [0.1, 0.15) is 12.6 Å². The predicted octanol–water partition coefficient (Wildman–Crippen LogP) is 4.89. The van der Waals surface area contributed by atoms with Crippen molar-refractivity contribution in [2.24, 2.45) is 0 Å². The topological polar surface area (TPSA) is 86.8 Å². The minimum Gasteiger partial charge on any atom is -0.352 e. The van der Waals surface area contributed by atoms with Crippen molar-refractivity contribution in [1.82, 2.24) is 10.2 Å². The molecule has 2 amide bonds. The van der Waals surface area contributed by atoms with Crippen LogP contribution in [0.3, 0.4) is 0 Å². The first kappa shape index (κ1) is 30.2. The molecule has 0 saturated heterocycles. The number of carbonyl (C=O) groups excluding carboxylic acids is 2. The molecule has 0 spiro atoms. The Balaban J connectivity index is 2.09. The van der Waals surface area contributed by atoms with Crippen LogP contribution in [-0.4, -0.2) is 50.0 Å². The second kappa shape index (κ2) is 13.1. The van der Waals surface area contributed by atoms with E-state index in [1.807, 2.05) is 70.2 Å². The van der Waals surface area contributed by atoms with Crippen molar-refractivity contribution in [2.75, 3.05) is 17.1 Å². The first-order chi connectivity index (χ1) is 18.4. The lowest BCUT2D eigenvalue weighted by molar-refractivity contribution is -0.140. The molecule has 9 heteroatoms. The van der Waals surface area contributed by atoms with Gasteiger partial charge in [-0.1, -0.05) is 72.3 Å². The summed E-state index contributed by atoms with van der Waals surface area (Å²) in [5, 5.41) is 3.38. The van der Waals surface area contributed by atoms with Gasteiger partial charge < -0.3 is 10.2 Å². The maximum atomic E-state index is 14.1. The van der Waals surface area contributed by atoms with Crippen LogP contribution < -0.4 is 9.62 Å². The molecule has 1 N–H and O–H groups in total. The summed E-state index contributed by atoms with van der Waals surface area (Å²) in [5.41, 5.74) is 3.61. The Bertz CT molecular complexity index is 1410. The Kier molecular flexibility index (Phi) is 10.2. The lowest BCUT2D eigenvalue weighted by atomic mass is 10.0. The summed E-state index contributed by atoms with van der Waals surface area (Å²) in [6.07, 6.45) is 1.32. The van der Waals surface area contributed by atoms with Gasteiger partial charge in [0.15, 0.2) is 0 Å². The number of nitrogens with zero attached hydrogens (tertiary/aromatic N) is 2. The molecule has 0 bridgehead atoms. The molecule has 1 atom stereocenters. The van der Waals surface area contributed by atoms with Gasteiger partial charge >= 0.3 is 0 Å². The first-order valence-electron chi connectivity index (χ1n) is 12.8. The van der Waals surface area contributed by atoms with E-state index in [1.54, 1.807) is 30.3 Å². The molecule has 3 aromatic carbocycles. The Labute approximate surface area is 236 Å². The van der Waals surface area contributed by atoms with Crippen LogP contribution in [0.4, 0.5) is 5.69 Å². The van der Waals surface area contributed by atoms with Gasteiger partial charge in [-0.15, -0.1) is 0 Å². The number of aryl methyl sites for hydroxylation is 1. The number of hydrogen-bond donors (Lipinski definition) is 1. The number of sulfonamides is 1. The van der Waals surface area contributed by atoms with E-state index in [2.05, 4.69) is 5.32 Å². The van der Waals surface area contributed by atoms with Gasteiger partial charge in [0.25, 0.3) is 0 Å². The third-order valence-corrected chi connectivity index (χ3v) is 8.02. The lowest BCUT2D eigenvalue weighted by Gasteiger charge is -2.34. The van der Waals surface area contributed by atoms with Crippen molar-refractivity contribution in [3.8, 4) is 0 Å². The molecule has 39 heavy (non-hydrogen) atoms. The van der Waals surface area contributed by atoms with Crippen molar-refractivity contribution < 1.29 is 18.0 Å². The molecule has 3 rings (SSSR count). The highest BCUT2D eigenvalue weighted by molar-refractivity contribution is 7.92. The summed E-state index contributed by atoms with van der Waals surface area (Å²) >= 11 is 6.47. The maximum absolute atomic E-state index is 14.1. The number of amides is 2. The van der Waals surface area contributed by atoms with Crippen LogP contribution in [-0.2, 0) is 32.6 Å². The third kappa shape index (κ3) is 8.07. The number of halogens is 1. The van der Waals surface area contributed by atoms with E-state index >= 15 is 0 Å². The third-order valence-electron chi connectivity index (χ3n) is 6.52. The summed E-state index contributed by atoms with van der Waals surface area (Å²) in [4.78, 5) is 29.1. The van der Waals surface area contributed by atoms with Crippen LogP contribution in [0, 0.1) is 13.8 Å². The second-order valence-electron chi connectivity index (χ2n) is 9.97. The summed E-state index contributed by atoms with van der Waals surface area (Å²) in [7, 11) is -3.83. The standard InChI is InChI=1S/C30H36ClN3O4S/c1-21(2)32-30(36)28(18-24-13-7-6-8-14-24)33(19-25-15-9-10-16-26(25)31)29(35)20-34(39(5,37)38)27-17-11-12-22(3)23(27)4/h6-17,21,28H,18-20H2,1-5H3,(H,32,36)/t28-/m0/s1. The summed E-state index contributed by atoms with van der Waals surface area (Å²) in [6, 6.07) is 20.8. The molecule has 0 heterocycles. The number of benzene rings is 3. The number of anilines is 1. The Morgan fingerprint density at radius 3 is 2.18 bits per heavy atom. The fraction of sp³-hybridized carbons (Fsp3) is 0.333. The minimum atomic E-state index is -3.83. The van der Waals surface area contributed by atoms with Crippen LogP contribution in [0.1, 0.15) is 36.1 Å². The fourth-order valence-electron chi connectivity index (χ4n) is 4.35. The summed E-state index contributed by atoms with van der Waals surface area (Å²) < 4.78 is 27.0. The molecule has 208 valence electrons. The first-order valence-corrected chi connectivity index (χ1v) is 15.0. The lowest BCUT2D eigenvalue weighted by Crippen LogP contribution is -2.54. The van der Waals surface area contributed by atoms with Gasteiger partial charge in [0.2, 0.25) is 21.8 Å².